The van der Waals surface area contributed by atoms with Crippen LogP contribution in [-0.4, -0.2) is 93.1 Å². The van der Waals surface area contributed by atoms with Gasteiger partial charge in [-0.3, -0.25) is 25.3 Å². The Balaban J connectivity index is 4.40. The molecular formula is C16H32N6O8+2. The van der Waals surface area contributed by atoms with Crippen molar-refractivity contribution in [2.75, 3.05) is 27.4 Å². The van der Waals surface area contributed by atoms with Gasteiger partial charge in [-0.2, -0.15) is 0 Å². The Morgan fingerprint density at radius 2 is 1.50 bits per heavy atom. The summed E-state index contributed by atoms with van der Waals surface area (Å²) in [6.45, 7) is 1.72. The van der Waals surface area contributed by atoms with E-state index in [-0.39, 0.29) is 37.7 Å². The third-order valence-electron chi connectivity index (χ3n) is 4.28. The number of nitrogens with two attached hydrogens (primary N) is 1. The van der Waals surface area contributed by atoms with E-state index in [9.17, 15) is 39.6 Å². The van der Waals surface area contributed by atoms with Crippen molar-refractivity contribution in [3.63, 3.8) is 0 Å². The molecule has 0 rings (SSSR count). The molecular weight excluding hydrogens is 404 g/mol. The maximum Gasteiger partial charge on any atom is 0.346 e. The highest BCUT2D eigenvalue weighted by Crippen LogP contribution is 2.04. The largest absolute Gasteiger partial charge is 0.346 e. The van der Waals surface area contributed by atoms with Gasteiger partial charge in [0, 0.05) is 19.3 Å². The monoisotopic (exact) mass is 436 g/mol. The fourth-order valence-electron chi connectivity index (χ4n) is 1.92. The molecule has 0 aliphatic carbocycles. The van der Waals surface area contributed by atoms with Crippen molar-refractivity contribution in [3.05, 3.63) is 0 Å². The highest BCUT2D eigenvalue weighted by Gasteiger charge is 2.29. The van der Waals surface area contributed by atoms with E-state index in [1.54, 1.807) is 0 Å². The van der Waals surface area contributed by atoms with Gasteiger partial charge in [-0.1, -0.05) is 0 Å². The zero-order chi connectivity index (χ0) is 23.7. The molecule has 0 heterocycles. The van der Waals surface area contributed by atoms with Crippen LogP contribution >= 0.6 is 0 Å². The second-order valence-corrected chi connectivity index (χ2v) is 7.11. The van der Waals surface area contributed by atoms with Gasteiger partial charge in [-0.15, -0.1) is 9.29 Å². The third kappa shape index (κ3) is 9.34. The molecule has 0 radical (unpaired) electrons. The zero-order valence-electron chi connectivity index (χ0n) is 17.6. The van der Waals surface area contributed by atoms with E-state index in [2.05, 4.69) is 10.6 Å². The van der Waals surface area contributed by atoms with E-state index >= 15 is 0 Å². The van der Waals surface area contributed by atoms with Crippen LogP contribution in [0.5, 0.6) is 0 Å². The van der Waals surface area contributed by atoms with Gasteiger partial charge in [0.2, 0.25) is 17.7 Å². The predicted molar refractivity (Wildman–Crippen MR) is 98.4 cm³/mol. The molecule has 14 heteroatoms. The van der Waals surface area contributed by atoms with Crippen LogP contribution in [0.25, 0.3) is 0 Å². The predicted octanol–water partition coefficient (Wildman–Crippen LogP) is -2.04. The van der Waals surface area contributed by atoms with E-state index in [0.717, 1.165) is 6.92 Å². The van der Waals surface area contributed by atoms with Crippen molar-refractivity contribution in [1.29, 1.82) is 0 Å². The molecule has 30 heavy (non-hydrogen) atoms. The second kappa shape index (κ2) is 11.6. The Bertz CT molecular complexity index is 666. The number of amides is 5. The molecule has 0 aliphatic rings. The van der Waals surface area contributed by atoms with Crippen LogP contribution in [-0.2, 0) is 24.0 Å². The van der Waals surface area contributed by atoms with Crippen LogP contribution in [0.4, 0.5) is 0 Å². The van der Waals surface area contributed by atoms with Crippen molar-refractivity contribution in [2.24, 2.45) is 5.73 Å². The van der Waals surface area contributed by atoms with E-state index in [1.165, 1.54) is 21.0 Å². The van der Waals surface area contributed by atoms with E-state index in [1.807, 2.05) is 0 Å². The summed E-state index contributed by atoms with van der Waals surface area (Å²) < 4.78 is -2.13. The first-order chi connectivity index (χ1) is 13.6. The molecule has 0 saturated heterocycles. The fourth-order valence-corrected chi connectivity index (χ4v) is 1.92. The fraction of sp³-hybridized carbons (Fsp3) is 0.688. The van der Waals surface area contributed by atoms with Gasteiger partial charge >= 0.3 is 11.8 Å². The Labute approximate surface area is 173 Å². The molecule has 172 valence electrons. The average Bonchev–Trinajstić information content (AvgIpc) is 2.67. The summed E-state index contributed by atoms with van der Waals surface area (Å²) in [5.74, 6) is -3.40. The first kappa shape index (κ1) is 27.5. The average molecular weight is 436 g/mol. The van der Waals surface area contributed by atoms with Crippen molar-refractivity contribution in [3.8, 4) is 0 Å². The number of hydrogen-bond donors (Lipinski definition) is 6. The number of nitrogens with one attached hydrogen (secondary N) is 2. The maximum absolute atomic E-state index is 11.9. The van der Waals surface area contributed by atoms with E-state index < -0.39 is 51.4 Å². The van der Waals surface area contributed by atoms with Crippen LogP contribution in [0, 0.1) is 0 Å². The summed E-state index contributed by atoms with van der Waals surface area (Å²) in [6.07, 6.45) is -2.45. The molecule has 5 amide bonds. The molecule has 0 aromatic carbocycles. The highest BCUT2D eigenvalue weighted by molar-refractivity contribution is 5.84. The van der Waals surface area contributed by atoms with Crippen molar-refractivity contribution in [2.45, 2.75) is 45.7 Å². The number of hydrogen-bond acceptors (Lipinski definition) is 9. The van der Waals surface area contributed by atoms with Gasteiger partial charge < -0.3 is 10.6 Å². The molecule has 14 nitrogen and oxygen atoms in total. The normalized spacial score (nSPS) is 15.9. The molecule has 3 atom stereocenters. The Kier molecular flexibility index (Phi) is 10.7. The topological polar surface area (TPSA) is 199 Å². The second-order valence-electron chi connectivity index (χ2n) is 7.11. The van der Waals surface area contributed by atoms with Crippen LogP contribution in [0.15, 0.2) is 0 Å². The van der Waals surface area contributed by atoms with Gasteiger partial charge in [0.05, 0.1) is 13.3 Å². The van der Waals surface area contributed by atoms with Crippen molar-refractivity contribution in [1.82, 2.24) is 15.7 Å². The van der Waals surface area contributed by atoms with Gasteiger partial charge in [0.1, 0.15) is 20.3 Å². The number of nitrogens with zero attached hydrogens (tertiary/aromatic N) is 3. The minimum absolute atomic E-state index is 0.237. The van der Waals surface area contributed by atoms with Gasteiger partial charge in [-0.05, 0) is 6.92 Å². The standard InChI is InChI=1S/C16H30N6O8/c1-11(19-14(25)6-8-16(27)21(3,29)9-17)20(28)15(26)7-5-13(24)18-10-22(4,30)12(2)23/h11,28-30H,5-10,17H2,1-4H3/p+2. The maximum atomic E-state index is 11.9. The number of carbonyl (C=O) groups excluding carboxylic acids is 5. The molecule has 0 aliphatic heterocycles. The van der Waals surface area contributed by atoms with Crippen LogP contribution < -0.4 is 16.4 Å². The molecule has 0 aromatic heterocycles. The van der Waals surface area contributed by atoms with Crippen LogP contribution in [0.3, 0.4) is 0 Å². The van der Waals surface area contributed by atoms with Gasteiger partial charge in [0.25, 0.3) is 0 Å². The lowest BCUT2D eigenvalue weighted by Gasteiger charge is -2.24. The van der Waals surface area contributed by atoms with E-state index in [4.69, 9.17) is 5.73 Å². The summed E-state index contributed by atoms with van der Waals surface area (Å²) in [7, 11) is 2.35. The Morgan fingerprint density at radius 3 is 2.00 bits per heavy atom. The number of rotatable bonds is 11. The summed E-state index contributed by atoms with van der Waals surface area (Å²) in [6, 6.07) is 0. The molecule has 7 N–H and O–H groups in total. The number of quaternary nitrogens is 2. The summed E-state index contributed by atoms with van der Waals surface area (Å²) in [5, 5.41) is 34.0. The van der Waals surface area contributed by atoms with Gasteiger partial charge in [-0.25, -0.2) is 25.1 Å². The smallest absolute Gasteiger partial charge is 0.334 e. The quantitative estimate of drug-likeness (QED) is 0.0913. The van der Waals surface area contributed by atoms with Crippen LogP contribution in [0.2, 0.25) is 0 Å². The highest BCUT2D eigenvalue weighted by atomic mass is 16.6. The number of hydroxylamine groups is 8. The molecule has 0 aromatic rings. The molecule has 0 saturated carbocycles. The minimum Gasteiger partial charge on any atom is -0.334 e. The van der Waals surface area contributed by atoms with E-state index in [0.29, 0.717) is 0 Å². The minimum atomic E-state index is -1.14. The van der Waals surface area contributed by atoms with Crippen molar-refractivity contribution >= 4 is 29.5 Å². The summed E-state index contributed by atoms with van der Waals surface area (Å²) in [5.41, 5.74) is 5.24. The SMILES string of the molecule is CC(=O)[N+](C)(O)CNC(=O)CCC(=O)N(O)C(C)NC(=O)CCC(=O)[N+](C)(O)CN. The Hall–Kier alpha value is -2.49. The lowest BCUT2D eigenvalue weighted by atomic mass is 10.2. The first-order valence-electron chi connectivity index (χ1n) is 9.12. The number of carbonyl (C=O) groups is 5. The lowest BCUT2D eigenvalue weighted by molar-refractivity contribution is -1.02. The molecule has 0 fully saturated rings. The third-order valence-corrected chi connectivity index (χ3v) is 4.28. The molecule has 0 bridgehead atoms. The van der Waals surface area contributed by atoms with Gasteiger partial charge in [0.15, 0.2) is 13.3 Å². The van der Waals surface area contributed by atoms with Crippen LogP contribution in [0.1, 0.15) is 39.5 Å². The lowest BCUT2D eigenvalue weighted by Crippen LogP contribution is -2.52. The Morgan fingerprint density at radius 1 is 0.967 bits per heavy atom. The molecule has 3 unspecified atom stereocenters. The summed E-state index contributed by atoms with van der Waals surface area (Å²) >= 11 is 0. The molecule has 0 spiro atoms. The first-order valence-corrected chi connectivity index (χ1v) is 9.12. The zero-order valence-corrected chi connectivity index (χ0v) is 17.6. The van der Waals surface area contributed by atoms with Crippen molar-refractivity contribution < 1.29 is 48.9 Å². The summed E-state index contributed by atoms with van der Waals surface area (Å²) in [4.78, 5) is 58.4.